The van der Waals surface area contributed by atoms with Crippen molar-refractivity contribution in [2.24, 2.45) is 11.8 Å². The lowest BCUT2D eigenvalue weighted by Crippen LogP contribution is -2.21. The summed E-state index contributed by atoms with van der Waals surface area (Å²) in [5.41, 5.74) is 1.09. The summed E-state index contributed by atoms with van der Waals surface area (Å²) in [5, 5.41) is 10.7. The van der Waals surface area contributed by atoms with E-state index < -0.39 is 4.92 Å². The first kappa shape index (κ1) is 12.5. The number of carbonyl (C=O) groups excluding carboxylic acids is 1. The highest BCUT2D eigenvalue weighted by Crippen LogP contribution is 2.39. The van der Waals surface area contributed by atoms with Crippen molar-refractivity contribution in [3.8, 4) is 0 Å². The maximum absolute atomic E-state index is 11.0. The molecular weight excluding hydrogens is 232 g/mol. The molecule has 0 aliphatic heterocycles. The van der Waals surface area contributed by atoms with Crippen LogP contribution in [-0.2, 0) is 0 Å². The monoisotopic (exact) mass is 248 g/mol. The molecule has 2 unspecified atom stereocenters. The van der Waals surface area contributed by atoms with Gasteiger partial charge in [0, 0.05) is 37.0 Å². The molecule has 1 fully saturated rings. The number of hydrogen-bond acceptors (Lipinski definition) is 4. The molecule has 0 heterocycles. The highest BCUT2D eigenvalue weighted by atomic mass is 16.6. The van der Waals surface area contributed by atoms with Gasteiger partial charge in [-0.3, -0.25) is 14.9 Å². The van der Waals surface area contributed by atoms with Crippen molar-refractivity contribution in [3.63, 3.8) is 0 Å². The van der Waals surface area contributed by atoms with Crippen LogP contribution in [0.5, 0.6) is 0 Å². The van der Waals surface area contributed by atoms with Crippen LogP contribution in [0.3, 0.4) is 0 Å². The Balaban J connectivity index is 2.20. The smallest absolute Gasteiger partial charge is 0.270 e. The Morgan fingerprint density at radius 1 is 1.56 bits per heavy atom. The van der Waals surface area contributed by atoms with E-state index in [0.29, 0.717) is 17.8 Å². The molecule has 18 heavy (non-hydrogen) atoms. The number of nitro groups is 1. The molecule has 0 N–H and O–H groups in total. The Labute approximate surface area is 106 Å². The summed E-state index contributed by atoms with van der Waals surface area (Å²) in [5.74, 6) is 1.41. The third-order valence-electron chi connectivity index (χ3n) is 3.54. The quantitative estimate of drug-likeness (QED) is 0.456. The van der Waals surface area contributed by atoms with E-state index in [1.54, 1.807) is 6.07 Å². The number of hydrogen-bond donors (Lipinski definition) is 0. The van der Waals surface area contributed by atoms with Gasteiger partial charge in [0.15, 0.2) is 6.29 Å². The lowest BCUT2D eigenvalue weighted by Gasteiger charge is -2.20. The number of benzene rings is 1. The van der Waals surface area contributed by atoms with Crippen LogP contribution in [0.1, 0.15) is 23.7 Å². The number of non-ortho nitro benzene ring substituents is 1. The van der Waals surface area contributed by atoms with Gasteiger partial charge in [0.1, 0.15) is 0 Å². The van der Waals surface area contributed by atoms with E-state index in [9.17, 15) is 14.9 Å². The topological polar surface area (TPSA) is 63.4 Å². The fourth-order valence-corrected chi connectivity index (χ4v) is 2.20. The highest BCUT2D eigenvalue weighted by Gasteiger charge is 2.33. The van der Waals surface area contributed by atoms with Gasteiger partial charge in [-0.05, 0) is 24.3 Å². The van der Waals surface area contributed by atoms with E-state index in [-0.39, 0.29) is 5.69 Å². The highest BCUT2D eigenvalue weighted by molar-refractivity contribution is 5.85. The molecule has 0 aromatic heterocycles. The van der Waals surface area contributed by atoms with Crippen molar-refractivity contribution >= 4 is 17.7 Å². The summed E-state index contributed by atoms with van der Waals surface area (Å²) in [6, 6.07) is 4.42. The molecule has 2 atom stereocenters. The maximum atomic E-state index is 11.0. The van der Waals surface area contributed by atoms with Crippen LogP contribution < -0.4 is 4.90 Å². The van der Waals surface area contributed by atoms with Gasteiger partial charge < -0.3 is 4.90 Å². The third kappa shape index (κ3) is 2.50. The van der Waals surface area contributed by atoms with Crippen molar-refractivity contribution in [3.05, 3.63) is 33.9 Å². The van der Waals surface area contributed by atoms with Crippen LogP contribution in [0.15, 0.2) is 18.2 Å². The van der Waals surface area contributed by atoms with Crippen molar-refractivity contribution < 1.29 is 9.72 Å². The number of aldehydes is 1. The van der Waals surface area contributed by atoms with E-state index >= 15 is 0 Å². The zero-order valence-electron chi connectivity index (χ0n) is 10.5. The van der Waals surface area contributed by atoms with Crippen molar-refractivity contribution in [1.29, 1.82) is 0 Å². The standard InChI is InChI=1S/C13H16N2O3/c1-9-5-10(9)7-14(2)13-4-3-12(15(17)18)6-11(13)8-16/h3-4,6,8-10H,5,7H2,1-2H3. The van der Waals surface area contributed by atoms with Crippen LogP contribution >= 0.6 is 0 Å². The Morgan fingerprint density at radius 3 is 2.72 bits per heavy atom. The lowest BCUT2D eigenvalue weighted by atomic mass is 10.1. The molecule has 96 valence electrons. The van der Waals surface area contributed by atoms with E-state index in [2.05, 4.69) is 6.92 Å². The van der Waals surface area contributed by atoms with Crippen LogP contribution in [0, 0.1) is 22.0 Å². The van der Waals surface area contributed by atoms with Gasteiger partial charge in [0.05, 0.1) is 4.92 Å². The first-order valence-corrected chi connectivity index (χ1v) is 5.97. The number of rotatable bonds is 5. The molecule has 0 saturated heterocycles. The van der Waals surface area contributed by atoms with Gasteiger partial charge in [0.25, 0.3) is 5.69 Å². The molecule has 5 nitrogen and oxygen atoms in total. The molecule has 0 bridgehead atoms. The van der Waals surface area contributed by atoms with Crippen molar-refractivity contribution in [2.75, 3.05) is 18.5 Å². The predicted octanol–water partition coefficient (Wildman–Crippen LogP) is 2.50. The molecule has 1 aliphatic rings. The summed E-state index contributed by atoms with van der Waals surface area (Å²) in [6.45, 7) is 3.09. The SMILES string of the molecule is CC1CC1CN(C)c1ccc([N+](=O)[O-])cc1C=O. The zero-order valence-corrected chi connectivity index (χ0v) is 10.5. The van der Waals surface area contributed by atoms with Gasteiger partial charge in [0.2, 0.25) is 0 Å². The normalized spacial score (nSPS) is 21.4. The first-order valence-electron chi connectivity index (χ1n) is 5.97. The van der Waals surface area contributed by atoms with E-state index in [0.717, 1.165) is 18.2 Å². The molecule has 1 aliphatic carbocycles. The lowest BCUT2D eigenvalue weighted by molar-refractivity contribution is -0.384. The van der Waals surface area contributed by atoms with E-state index in [1.165, 1.54) is 18.6 Å². The van der Waals surface area contributed by atoms with Gasteiger partial charge >= 0.3 is 0 Å². The van der Waals surface area contributed by atoms with E-state index in [1.807, 2.05) is 11.9 Å². The second-order valence-electron chi connectivity index (χ2n) is 4.97. The van der Waals surface area contributed by atoms with Gasteiger partial charge in [-0.2, -0.15) is 0 Å². The predicted molar refractivity (Wildman–Crippen MR) is 69.0 cm³/mol. The second-order valence-corrected chi connectivity index (χ2v) is 4.97. The molecule has 1 aromatic carbocycles. The molecular formula is C13H16N2O3. The van der Waals surface area contributed by atoms with E-state index in [4.69, 9.17) is 0 Å². The first-order chi connectivity index (χ1) is 8.52. The minimum atomic E-state index is -0.486. The average Bonchev–Trinajstić information content (AvgIpc) is 3.03. The summed E-state index contributed by atoms with van der Waals surface area (Å²) < 4.78 is 0. The minimum Gasteiger partial charge on any atom is -0.374 e. The number of nitro benzene ring substituents is 1. The van der Waals surface area contributed by atoms with Gasteiger partial charge in [-0.15, -0.1) is 0 Å². The van der Waals surface area contributed by atoms with Gasteiger partial charge in [-0.25, -0.2) is 0 Å². The van der Waals surface area contributed by atoms with Crippen LogP contribution in [0.25, 0.3) is 0 Å². The van der Waals surface area contributed by atoms with Crippen LogP contribution in [-0.4, -0.2) is 24.8 Å². The average molecular weight is 248 g/mol. The zero-order chi connectivity index (χ0) is 13.3. The third-order valence-corrected chi connectivity index (χ3v) is 3.54. The Bertz CT molecular complexity index is 487. The fraction of sp³-hybridized carbons (Fsp3) is 0.462. The largest absolute Gasteiger partial charge is 0.374 e. The molecule has 0 radical (unpaired) electrons. The maximum Gasteiger partial charge on any atom is 0.270 e. The molecule has 0 amide bonds. The summed E-state index contributed by atoms with van der Waals surface area (Å²) in [7, 11) is 1.92. The second kappa shape index (κ2) is 4.76. The summed E-state index contributed by atoms with van der Waals surface area (Å²) in [6.07, 6.45) is 1.89. The fourth-order valence-electron chi connectivity index (χ4n) is 2.20. The van der Waals surface area contributed by atoms with Crippen LogP contribution in [0.4, 0.5) is 11.4 Å². The van der Waals surface area contributed by atoms with Gasteiger partial charge in [-0.1, -0.05) is 6.92 Å². The Hall–Kier alpha value is -1.91. The summed E-state index contributed by atoms with van der Waals surface area (Å²) in [4.78, 5) is 23.2. The molecule has 1 saturated carbocycles. The van der Waals surface area contributed by atoms with Crippen LogP contribution in [0.2, 0.25) is 0 Å². The molecule has 2 rings (SSSR count). The molecule has 5 heteroatoms. The molecule has 1 aromatic rings. The number of anilines is 1. The minimum absolute atomic E-state index is 0.0472. The van der Waals surface area contributed by atoms with Crippen molar-refractivity contribution in [2.45, 2.75) is 13.3 Å². The Morgan fingerprint density at radius 2 is 2.22 bits per heavy atom. The number of nitrogens with zero attached hydrogens (tertiary/aromatic N) is 2. The summed E-state index contributed by atoms with van der Waals surface area (Å²) >= 11 is 0. The van der Waals surface area contributed by atoms with Crippen molar-refractivity contribution in [1.82, 2.24) is 0 Å². The number of carbonyl (C=O) groups is 1. The molecule has 0 spiro atoms. The Kier molecular flexibility index (Phi) is 3.32.